The minimum absolute atomic E-state index is 0.275. The molecule has 0 bridgehead atoms. The number of rotatable bonds is 2. The smallest absolute Gasteiger partial charge is 0.334 e. The minimum atomic E-state index is -1.37. The van der Waals surface area contributed by atoms with Crippen molar-refractivity contribution in [2.75, 3.05) is 7.05 Å². The molecule has 5 heteroatoms. The molecule has 1 N–H and O–H groups in total. The van der Waals surface area contributed by atoms with E-state index in [0.717, 1.165) is 0 Å². The molecule has 1 aliphatic carbocycles. The van der Waals surface area contributed by atoms with Crippen molar-refractivity contribution in [3.63, 3.8) is 0 Å². The third kappa shape index (κ3) is 1.58. The summed E-state index contributed by atoms with van der Waals surface area (Å²) in [5.74, 6) is -1.79. The lowest BCUT2D eigenvalue weighted by Gasteiger charge is -2.35. The highest BCUT2D eigenvalue weighted by atomic mass is 19.1. The van der Waals surface area contributed by atoms with Gasteiger partial charge in [-0.25, -0.2) is 9.18 Å². The number of fused-ring (bicyclic) bond motifs is 1. The van der Waals surface area contributed by atoms with Crippen LogP contribution in [0.4, 0.5) is 4.39 Å². The largest absolute Gasteiger partial charge is 0.479 e. The number of amides is 1. The number of carboxylic acid groups (broad SMARTS) is 1. The van der Waals surface area contributed by atoms with Crippen LogP contribution in [0.3, 0.4) is 0 Å². The maximum Gasteiger partial charge on any atom is 0.334 e. The Balaban J connectivity index is 2.61. The van der Waals surface area contributed by atoms with Crippen LogP contribution < -0.4 is 0 Å². The monoisotopic (exact) mass is 251 g/mol. The van der Waals surface area contributed by atoms with Crippen LogP contribution in [0.15, 0.2) is 18.2 Å². The number of nitrogens with zero attached hydrogens (tertiary/aromatic N) is 1. The summed E-state index contributed by atoms with van der Waals surface area (Å²) < 4.78 is 13.1. The Morgan fingerprint density at radius 3 is 2.67 bits per heavy atom. The van der Waals surface area contributed by atoms with Crippen molar-refractivity contribution in [2.45, 2.75) is 25.3 Å². The van der Waals surface area contributed by atoms with Gasteiger partial charge >= 0.3 is 5.97 Å². The Morgan fingerprint density at radius 2 is 2.11 bits per heavy atom. The number of hydrogen-bond acceptors (Lipinski definition) is 2. The number of benzene rings is 1. The molecule has 0 aliphatic heterocycles. The van der Waals surface area contributed by atoms with E-state index in [-0.39, 0.29) is 18.1 Å². The molecule has 0 aromatic heterocycles. The van der Waals surface area contributed by atoms with E-state index in [1.54, 1.807) is 0 Å². The zero-order valence-electron chi connectivity index (χ0n) is 10.2. The number of carbonyl (C=O) groups is 2. The van der Waals surface area contributed by atoms with Crippen molar-refractivity contribution in [2.24, 2.45) is 0 Å². The lowest BCUT2D eigenvalue weighted by Crippen LogP contribution is -2.50. The minimum Gasteiger partial charge on any atom is -0.479 e. The molecule has 2 rings (SSSR count). The van der Waals surface area contributed by atoms with E-state index >= 15 is 0 Å². The number of carboxylic acids is 1. The van der Waals surface area contributed by atoms with Crippen LogP contribution in [-0.4, -0.2) is 28.9 Å². The van der Waals surface area contributed by atoms with E-state index in [1.807, 2.05) is 0 Å². The standard InChI is InChI=1S/C13H14FNO3/c1-8(16)15(2)13(12(17)18)6-5-9-7-10(14)3-4-11(9)13/h3-4,7H,5-6H2,1-2H3,(H,17,18). The predicted octanol–water partition coefficient (Wildman–Crippen LogP) is 1.53. The molecule has 0 saturated heterocycles. The Bertz CT molecular complexity index is 529. The van der Waals surface area contributed by atoms with Gasteiger partial charge in [0.25, 0.3) is 0 Å². The van der Waals surface area contributed by atoms with E-state index in [9.17, 15) is 19.1 Å². The molecular formula is C13H14FNO3. The summed E-state index contributed by atoms with van der Waals surface area (Å²) in [6, 6.07) is 4.04. The van der Waals surface area contributed by atoms with Crippen LogP contribution in [0.5, 0.6) is 0 Å². The maximum absolute atomic E-state index is 13.1. The van der Waals surface area contributed by atoms with Gasteiger partial charge in [0, 0.05) is 14.0 Å². The summed E-state index contributed by atoms with van der Waals surface area (Å²) >= 11 is 0. The summed E-state index contributed by atoms with van der Waals surface area (Å²) in [6.45, 7) is 1.33. The molecule has 0 saturated carbocycles. The van der Waals surface area contributed by atoms with Gasteiger partial charge in [-0.05, 0) is 36.1 Å². The Kier molecular flexibility index (Phi) is 2.84. The molecule has 1 aromatic carbocycles. The van der Waals surface area contributed by atoms with Crippen molar-refractivity contribution >= 4 is 11.9 Å². The fourth-order valence-corrected chi connectivity index (χ4v) is 2.61. The molecule has 1 unspecified atom stereocenters. The zero-order valence-corrected chi connectivity index (χ0v) is 10.2. The van der Waals surface area contributed by atoms with Crippen molar-refractivity contribution < 1.29 is 19.1 Å². The molecule has 1 aliphatic rings. The molecule has 4 nitrogen and oxygen atoms in total. The summed E-state index contributed by atoms with van der Waals surface area (Å²) in [7, 11) is 1.47. The first-order chi connectivity index (χ1) is 8.39. The van der Waals surface area contributed by atoms with Gasteiger partial charge < -0.3 is 10.0 Å². The molecule has 0 radical (unpaired) electrons. The van der Waals surface area contributed by atoms with Crippen LogP contribution >= 0.6 is 0 Å². The second-order valence-corrected chi connectivity index (χ2v) is 4.54. The highest BCUT2D eigenvalue weighted by Gasteiger charge is 2.50. The molecule has 0 fully saturated rings. The van der Waals surface area contributed by atoms with E-state index in [4.69, 9.17) is 0 Å². The first kappa shape index (κ1) is 12.5. The molecular weight excluding hydrogens is 237 g/mol. The van der Waals surface area contributed by atoms with Crippen LogP contribution in [0.25, 0.3) is 0 Å². The van der Waals surface area contributed by atoms with Crippen LogP contribution in [0.2, 0.25) is 0 Å². The number of likely N-dealkylation sites (N-methyl/N-ethyl adjacent to an activating group) is 1. The fourth-order valence-electron chi connectivity index (χ4n) is 2.61. The Morgan fingerprint density at radius 1 is 1.44 bits per heavy atom. The van der Waals surface area contributed by atoms with Crippen molar-refractivity contribution in [1.29, 1.82) is 0 Å². The van der Waals surface area contributed by atoms with Gasteiger partial charge in [-0.3, -0.25) is 4.79 Å². The van der Waals surface area contributed by atoms with Crippen molar-refractivity contribution in [3.05, 3.63) is 35.1 Å². The molecule has 1 atom stereocenters. The number of halogens is 1. The normalized spacial score (nSPS) is 21.5. The molecule has 1 amide bonds. The first-order valence-corrected chi connectivity index (χ1v) is 5.66. The molecule has 96 valence electrons. The van der Waals surface area contributed by atoms with E-state index in [1.165, 1.54) is 37.1 Å². The molecule has 0 heterocycles. The lowest BCUT2D eigenvalue weighted by atomic mass is 9.90. The number of aryl methyl sites for hydroxylation is 1. The van der Waals surface area contributed by atoms with Gasteiger partial charge in [0.2, 0.25) is 5.91 Å². The van der Waals surface area contributed by atoms with E-state index < -0.39 is 11.5 Å². The topological polar surface area (TPSA) is 57.6 Å². The Labute approximate surface area is 104 Å². The highest BCUT2D eigenvalue weighted by molar-refractivity contribution is 5.88. The van der Waals surface area contributed by atoms with Crippen LogP contribution in [-0.2, 0) is 21.5 Å². The van der Waals surface area contributed by atoms with Gasteiger partial charge in [-0.15, -0.1) is 0 Å². The molecule has 0 spiro atoms. The quantitative estimate of drug-likeness (QED) is 0.867. The number of carbonyl (C=O) groups excluding carboxylic acids is 1. The van der Waals surface area contributed by atoms with Crippen LogP contribution in [0.1, 0.15) is 24.5 Å². The summed E-state index contributed by atoms with van der Waals surface area (Å²) in [4.78, 5) is 24.4. The lowest BCUT2D eigenvalue weighted by molar-refractivity contribution is -0.157. The number of hydrogen-bond donors (Lipinski definition) is 1. The summed E-state index contributed by atoms with van der Waals surface area (Å²) in [6.07, 6.45) is 0.730. The van der Waals surface area contributed by atoms with Gasteiger partial charge in [0.05, 0.1) is 0 Å². The molecule has 1 aromatic rings. The average molecular weight is 251 g/mol. The SMILES string of the molecule is CC(=O)N(C)C1(C(=O)O)CCc2cc(F)ccc21. The van der Waals surface area contributed by atoms with E-state index in [2.05, 4.69) is 0 Å². The molecule has 18 heavy (non-hydrogen) atoms. The third-order valence-electron chi connectivity index (χ3n) is 3.67. The fraction of sp³-hybridized carbons (Fsp3) is 0.385. The predicted molar refractivity (Wildman–Crippen MR) is 62.5 cm³/mol. The van der Waals surface area contributed by atoms with Crippen molar-refractivity contribution in [1.82, 2.24) is 4.90 Å². The van der Waals surface area contributed by atoms with Crippen LogP contribution in [0, 0.1) is 5.82 Å². The van der Waals surface area contributed by atoms with Crippen molar-refractivity contribution in [3.8, 4) is 0 Å². The Hall–Kier alpha value is -1.91. The van der Waals surface area contributed by atoms with E-state index in [0.29, 0.717) is 17.5 Å². The van der Waals surface area contributed by atoms with Gasteiger partial charge in [-0.2, -0.15) is 0 Å². The summed E-state index contributed by atoms with van der Waals surface area (Å²) in [5.41, 5.74) is -0.200. The van der Waals surface area contributed by atoms with Gasteiger partial charge in [0.15, 0.2) is 5.54 Å². The highest BCUT2D eigenvalue weighted by Crippen LogP contribution is 2.41. The second kappa shape index (κ2) is 4.08. The second-order valence-electron chi connectivity index (χ2n) is 4.54. The maximum atomic E-state index is 13.1. The van der Waals surface area contributed by atoms with Gasteiger partial charge in [0.1, 0.15) is 5.82 Å². The number of aliphatic carboxylic acids is 1. The third-order valence-corrected chi connectivity index (χ3v) is 3.67. The summed E-state index contributed by atoms with van der Waals surface area (Å²) in [5, 5.41) is 9.51. The van der Waals surface area contributed by atoms with Gasteiger partial charge in [-0.1, -0.05) is 6.07 Å². The average Bonchev–Trinajstić information content (AvgIpc) is 2.67. The zero-order chi connectivity index (χ0) is 13.5. The first-order valence-electron chi connectivity index (χ1n) is 5.66.